The molecule has 1 aliphatic heterocycles. The Labute approximate surface area is 109 Å². The van der Waals surface area contributed by atoms with Crippen LogP contribution in [0.1, 0.15) is 5.56 Å². The van der Waals surface area contributed by atoms with Gasteiger partial charge in [-0.1, -0.05) is 18.2 Å². The number of nitrogens with zero attached hydrogens (tertiary/aromatic N) is 4. The van der Waals surface area contributed by atoms with E-state index < -0.39 is 0 Å². The zero-order valence-electron chi connectivity index (χ0n) is 10.2. The fraction of sp³-hybridized carbons (Fsp3) is 0.333. The predicted molar refractivity (Wildman–Crippen MR) is 65.4 cm³/mol. The van der Waals surface area contributed by atoms with Crippen LogP contribution in [0.15, 0.2) is 30.6 Å². The molecule has 98 valence electrons. The van der Waals surface area contributed by atoms with Crippen molar-refractivity contribution in [1.29, 1.82) is 0 Å². The number of tetrazole rings is 1. The molecular formula is C12H13N5O2. The van der Waals surface area contributed by atoms with Gasteiger partial charge in [-0.2, -0.15) is 0 Å². The first-order valence-corrected chi connectivity index (χ1v) is 6.03. The van der Waals surface area contributed by atoms with E-state index in [1.807, 2.05) is 24.3 Å². The number of hydrogen-bond acceptors (Lipinski definition) is 5. The summed E-state index contributed by atoms with van der Waals surface area (Å²) in [4.78, 5) is 11.7. The number of rotatable bonds is 4. The van der Waals surface area contributed by atoms with Gasteiger partial charge >= 0.3 is 0 Å². The molecule has 2 aromatic rings. The molecule has 0 spiro atoms. The standard InChI is InChI=1S/C12H13N5O2/c18-12(7-17-8-14-15-16-17)13-6-10-5-9-3-1-2-4-11(9)19-10/h1-4,8,10H,5-7H2,(H,13,18)/t10-/m1/s1. The molecule has 0 unspecified atom stereocenters. The largest absolute Gasteiger partial charge is 0.488 e. The molecule has 0 bridgehead atoms. The van der Waals surface area contributed by atoms with Crippen LogP contribution in [0.25, 0.3) is 0 Å². The molecule has 2 heterocycles. The number of ether oxygens (including phenoxy) is 1. The summed E-state index contributed by atoms with van der Waals surface area (Å²) in [6.45, 7) is 0.600. The van der Waals surface area contributed by atoms with Gasteiger partial charge in [0.05, 0.1) is 6.54 Å². The number of nitrogens with one attached hydrogen (secondary N) is 1. The topological polar surface area (TPSA) is 81.9 Å². The third kappa shape index (κ3) is 2.70. The summed E-state index contributed by atoms with van der Waals surface area (Å²) in [5.74, 6) is 0.772. The molecule has 1 aliphatic rings. The Morgan fingerprint density at radius 2 is 2.37 bits per heavy atom. The first-order valence-electron chi connectivity index (χ1n) is 6.03. The SMILES string of the molecule is O=C(Cn1cnnn1)NC[C@H]1Cc2ccccc2O1. The van der Waals surface area contributed by atoms with Gasteiger partial charge in [-0.05, 0) is 22.1 Å². The Kier molecular flexibility index (Phi) is 3.09. The fourth-order valence-corrected chi connectivity index (χ4v) is 2.05. The van der Waals surface area contributed by atoms with Crippen molar-refractivity contribution >= 4 is 5.91 Å². The zero-order chi connectivity index (χ0) is 13.1. The van der Waals surface area contributed by atoms with Gasteiger partial charge in [0, 0.05) is 6.42 Å². The quantitative estimate of drug-likeness (QED) is 0.821. The molecule has 1 aromatic heterocycles. The van der Waals surface area contributed by atoms with Gasteiger partial charge < -0.3 is 10.1 Å². The Balaban J connectivity index is 1.48. The van der Waals surface area contributed by atoms with Crippen molar-refractivity contribution in [2.75, 3.05) is 6.54 Å². The molecule has 7 nitrogen and oxygen atoms in total. The molecular weight excluding hydrogens is 246 g/mol. The Morgan fingerprint density at radius 3 is 3.16 bits per heavy atom. The summed E-state index contributed by atoms with van der Waals surface area (Å²) < 4.78 is 7.11. The lowest BCUT2D eigenvalue weighted by Crippen LogP contribution is -2.36. The smallest absolute Gasteiger partial charge is 0.242 e. The highest BCUT2D eigenvalue weighted by Gasteiger charge is 2.22. The minimum absolute atomic E-state index is 0.00442. The molecule has 0 saturated heterocycles. The average molecular weight is 259 g/mol. The Bertz CT molecular complexity index is 544. The molecule has 1 amide bonds. The maximum atomic E-state index is 11.7. The lowest BCUT2D eigenvalue weighted by Gasteiger charge is -2.11. The highest BCUT2D eigenvalue weighted by molar-refractivity contribution is 5.75. The van der Waals surface area contributed by atoms with Crippen LogP contribution in [0, 0.1) is 0 Å². The second-order valence-electron chi connectivity index (χ2n) is 4.36. The van der Waals surface area contributed by atoms with Crippen LogP contribution in [0.4, 0.5) is 0 Å². The summed E-state index contributed by atoms with van der Waals surface area (Å²) >= 11 is 0. The van der Waals surface area contributed by atoms with Gasteiger partial charge in [0.25, 0.3) is 0 Å². The van der Waals surface area contributed by atoms with Crippen molar-refractivity contribution in [2.24, 2.45) is 0 Å². The van der Waals surface area contributed by atoms with E-state index in [1.165, 1.54) is 16.6 Å². The van der Waals surface area contributed by atoms with Crippen LogP contribution in [0.2, 0.25) is 0 Å². The van der Waals surface area contributed by atoms with E-state index >= 15 is 0 Å². The van der Waals surface area contributed by atoms with Crippen LogP contribution in [-0.2, 0) is 17.8 Å². The van der Waals surface area contributed by atoms with E-state index in [4.69, 9.17) is 4.74 Å². The van der Waals surface area contributed by atoms with E-state index in [0.717, 1.165) is 12.2 Å². The molecule has 0 radical (unpaired) electrons. The van der Waals surface area contributed by atoms with E-state index in [-0.39, 0.29) is 18.6 Å². The zero-order valence-corrected chi connectivity index (χ0v) is 10.2. The third-order valence-electron chi connectivity index (χ3n) is 2.94. The van der Waals surface area contributed by atoms with Crippen LogP contribution in [0.5, 0.6) is 5.75 Å². The van der Waals surface area contributed by atoms with Gasteiger partial charge in [-0.25, -0.2) is 4.68 Å². The van der Waals surface area contributed by atoms with Crippen molar-refractivity contribution in [3.63, 3.8) is 0 Å². The number of benzene rings is 1. The summed E-state index contributed by atoms with van der Waals surface area (Å²) in [5.41, 5.74) is 1.18. The summed E-state index contributed by atoms with van der Waals surface area (Å²) in [7, 11) is 0. The molecule has 19 heavy (non-hydrogen) atoms. The molecule has 0 aliphatic carbocycles. The number of para-hydroxylation sites is 1. The Hall–Kier alpha value is -2.44. The van der Waals surface area contributed by atoms with Crippen LogP contribution < -0.4 is 10.1 Å². The highest BCUT2D eigenvalue weighted by atomic mass is 16.5. The van der Waals surface area contributed by atoms with Gasteiger partial charge in [0.2, 0.25) is 5.91 Å². The number of hydrogen-bond donors (Lipinski definition) is 1. The number of amides is 1. The van der Waals surface area contributed by atoms with E-state index in [0.29, 0.717) is 6.54 Å². The van der Waals surface area contributed by atoms with Crippen molar-refractivity contribution < 1.29 is 9.53 Å². The number of fused-ring (bicyclic) bond motifs is 1. The van der Waals surface area contributed by atoms with E-state index in [1.54, 1.807) is 0 Å². The molecule has 1 N–H and O–H groups in total. The molecule has 3 rings (SSSR count). The van der Waals surface area contributed by atoms with Crippen LogP contribution in [0.3, 0.4) is 0 Å². The van der Waals surface area contributed by atoms with Crippen molar-refractivity contribution in [3.8, 4) is 5.75 Å². The van der Waals surface area contributed by atoms with Gasteiger partial charge in [-0.15, -0.1) is 5.10 Å². The highest BCUT2D eigenvalue weighted by Crippen LogP contribution is 2.27. The third-order valence-corrected chi connectivity index (χ3v) is 2.94. The monoisotopic (exact) mass is 259 g/mol. The maximum absolute atomic E-state index is 11.7. The normalized spacial score (nSPS) is 16.7. The van der Waals surface area contributed by atoms with Crippen LogP contribution in [-0.4, -0.2) is 38.8 Å². The molecule has 7 heteroatoms. The second-order valence-corrected chi connectivity index (χ2v) is 4.36. The minimum Gasteiger partial charge on any atom is -0.488 e. The van der Waals surface area contributed by atoms with Gasteiger partial charge in [-0.3, -0.25) is 4.79 Å². The summed E-state index contributed by atoms with van der Waals surface area (Å²) in [5, 5.41) is 13.4. The molecule has 0 saturated carbocycles. The number of carbonyl (C=O) groups excluding carboxylic acids is 1. The summed E-state index contributed by atoms with van der Waals surface area (Å²) in [6.07, 6.45) is 2.22. The predicted octanol–water partition coefficient (Wildman–Crippen LogP) is -0.207. The van der Waals surface area contributed by atoms with Crippen molar-refractivity contribution in [3.05, 3.63) is 36.2 Å². The Morgan fingerprint density at radius 1 is 1.47 bits per heavy atom. The average Bonchev–Trinajstić information content (AvgIpc) is 3.04. The lowest BCUT2D eigenvalue weighted by atomic mass is 10.1. The summed E-state index contributed by atoms with van der Waals surface area (Å²) in [6, 6.07) is 7.91. The number of carbonyl (C=O) groups is 1. The van der Waals surface area contributed by atoms with E-state index in [9.17, 15) is 4.79 Å². The molecule has 1 aromatic carbocycles. The molecule has 1 atom stereocenters. The first kappa shape index (κ1) is 11.6. The minimum atomic E-state index is -0.133. The maximum Gasteiger partial charge on any atom is 0.242 e. The van der Waals surface area contributed by atoms with Crippen molar-refractivity contribution in [2.45, 2.75) is 19.1 Å². The van der Waals surface area contributed by atoms with Crippen LogP contribution >= 0.6 is 0 Å². The first-order chi connectivity index (χ1) is 9.31. The molecule has 0 fully saturated rings. The van der Waals surface area contributed by atoms with Gasteiger partial charge in [0.15, 0.2) is 0 Å². The number of aromatic nitrogens is 4. The lowest BCUT2D eigenvalue weighted by molar-refractivity contribution is -0.122. The fourth-order valence-electron chi connectivity index (χ4n) is 2.05. The van der Waals surface area contributed by atoms with Crippen molar-refractivity contribution in [1.82, 2.24) is 25.5 Å². The van der Waals surface area contributed by atoms with Gasteiger partial charge in [0.1, 0.15) is 24.7 Å². The second kappa shape index (κ2) is 5.05. The van der Waals surface area contributed by atoms with E-state index in [2.05, 4.69) is 20.8 Å².